The smallest absolute Gasteiger partial charge is 0.282 e. The molecule has 2 aromatic rings. The molecule has 8 atom stereocenters. The number of nitrogens with zero attached hydrogens (tertiary/aromatic N) is 3. The molecule has 3 heterocycles. The van der Waals surface area contributed by atoms with Crippen molar-refractivity contribution < 1.29 is 14.0 Å². The molecule has 36 heavy (non-hydrogen) atoms. The normalized spacial score (nSPS) is 38.7. The first kappa shape index (κ1) is 23.6. The Hall–Kier alpha value is -2.77. The van der Waals surface area contributed by atoms with Gasteiger partial charge in [-0.2, -0.15) is 0 Å². The number of carbonyl (C=O) groups excluding carboxylic acids is 2. The summed E-state index contributed by atoms with van der Waals surface area (Å²) in [5.41, 5.74) is 1.11. The van der Waals surface area contributed by atoms with Crippen LogP contribution in [0.2, 0.25) is 0 Å². The van der Waals surface area contributed by atoms with Gasteiger partial charge in [0.2, 0.25) is 5.91 Å². The van der Waals surface area contributed by atoms with E-state index in [0.717, 1.165) is 55.5 Å². The van der Waals surface area contributed by atoms with Crippen LogP contribution in [-0.2, 0) is 9.59 Å². The molecule has 8 heteroatoms. The second kappa shape index (κ2) is 8.12. The van der Waals surface area contributed by atoms with Gasteiger partial charge < -0.3 is 15.2 Å². The molecule has 0 radical (unpaired) electrons. The third kappa shape index (κ3) is 3.28. The fraction of sp³-hybridized carbons (Fsp3) is 0.643. The SMILES string of the molecule is C[C@H](NC(=O)[C@H]1CC[C@H]2[C@@H]3CC[C@H]4N(C)C(=O)C(F)=C[C@]4(C)[C@H]3CC[C@]12C)c1nc2cccnc2[nH]1. The molecule has 6 rings (SSSR count). The van der Waals surface area contributed by atoms with Gasteiger partial charge >= 0.3 is 0 Å². The number of H-pyrrole nitrogens is 1. The van der Waals surface area contributed by atoms with E-state index in [0.29, 0.717) is 17.8 Å². The van der Waals surface area contributed by atoms with Crippen LogP contribution in [0.5, 0.6) is 0 Å². The van der Waals surface area contributed by atoms with Crippen molar-refractivity contribution in [3.63, 3.8) is 0 Å². The van der Waals surface area contributed by atoms with E-state index in [9.17, 15) is 14.0 Å². The molecule has 0 spiro atoms. The summed E-state index contributed by atoms with van der Waals surface area (Å²) >= 11 is 0. The van der Waals surface area contributed by atoms with Crippen molar-refractivity contribution in [2.24, 2.45) is 34.5 Å². The largest absolute Gasteiger partial charge is 0.346 e. The van der Waals surface area contributed by atoms with E-state index in [2.05, 4.69) is 34.1 Å². The van der Waals surface area contributed by atoms with Gasteiger partial charge in [-0.3, -0.25) is 9.59 Å². The highest BCUT2D eigenvalue weighted by molar-refractivity contribution is 5.92. The molecule has 0 aromatic carbocycles. The highest BCUT2D eigenvalue weighted by Gasteiger charge is 2.62. The van der Waals surface area contributed by atoms with Gasteiger partial charge in [-0.1, -0.05) is 13.8 Å². The van der Waals surface area contributed by atoms with Gasteiger partial charge in [-0.15, -0.1) is 0 Å². The number of aromatic nitrogens is 3. The van der Waals surface area contributed by atoms with Crippen LogP contribution in [0.15, 0.2) is 30.2 Å². The molecule has 7 nitrogen and oxygen atoms in total. The maximum atomic E-state index is 14.6. The molecule has 4 aliphatic rings. The Morgan fingerprint density at radius 1 is 1.22 bits per heavy atom. The lowest BCUT2D eigenvalue weighted by Gasteiger charge is -2.60. The van der Waals surface area contributed by atoms with E-state index < -0.39 is 11.7 Å². The summed E-state index contributed by atoms with van der Waals surface area (Å²) in [7, 11) is 1.75. The Bertz CT molecular complexity index is 1220. The molecule has 3 fully saturated rings. The summed E-state index contributed by atoms with van der Waals surface area (Å²) in [6.45, 7) is 6.43. The van der Waals surface area contributed by atoms with E-state index in [1.807, 2.05) is 19.1 Å². The summed E-state index contributed by atoms with van der Waals surface area (Å²) in [6.07, 6.45) is 9.13. The molecule has 2 N–H and O–H groups in total. The zero-order chi connectivity index (χ0) is 25.4. The Labute approximate surface area is 211 Å². The summed E-state index contributed by atoms with van der Waals surface area (Å²) in [4.78, 5) is 39.7. The molecule has 0 saturated heterocycles. The van der Waals surface area contributed by atoms with Crippen LogP contribution in [0.3, 0.4) is 0 Å². The van der Waals surface area contributed by atoms with Crippen molar-refractivity contribution >= 4 is 23.0 Å². The topological polar surface area (TPSA) is 91.0 Å². The number of carbonyl (C=O) groups is 2. The number of pyridine rings is 1. The molecule has 192 valence electrons. The summed E-state index contributed by atoms with van der Waals surface area (Å²) in [6, 6.07) is 3.58. The van der Waals surface area contributed by atoms with Crippen molar-refractivity contribution in [2.75, 3.05) is 7.05 Å². The number of hydrogen-bond acceptors (Lipinski definition) is 4. The van der Waals surface area contributed by atoms with Crippen LogP contribution < -0.4 is 5.32 Å². The average molecular weight is 494 g/mol. The first-order valence-electron chi connectivity index (χ1n) is 13.4. The molecule has 1 aliphatic heterocycles. The van der Waals surface area contributed by atoms with Gasteiger partial charge in [0.1, 0.15) is 11.3 Å². The van der Waals surface area contributed by atoms with E-state index >= 15 is 0 Å². The van der Waals surface area contributed by atoms with E-state index in [4.69, 9.17) is 0 Å². The maximum Gasteiger partial charge on any atom is 0.282 e. The first-order valence-corrected chi connectivity index (χ1v) is 13.4. The van der Waals surface area contributed by atoms with Crippen LogP contribution in [0, 0.1) is 34.5 Å². The van der Waals surface area contributed by atoms with Crippen molar-refractivity contribution in [2.45, 2.75) is 71.4 Å². The van der Waals surface area contributed by atoms with Gasteiger partial charge in [-0.25, -0.2) is 14.4 Å². The second-order valence-corrected chi connectivity index (χ2v) is 12.1. The van der Waals surface area contributed by atoms with Crippen LogP contribution in [-0.4, -0.2) is 44.8 Å². The number of amides is 2. The van der Waals surface area contributed by atoms with Gasteiger partial charge in [-0.05, 0) is 86.8 Å². The zero-order valence-electron chi connectivity index (χ0n) is 21.6. The third-order valence-electron chi connectivity index (χ3n) is 10.5. The van der Waals surface area contributed by atoms with Gasteiger partial charge in [0.25, 0.3) is 5.91 Å². The molecule has 3 aliphatic carbocycles. The Morgan fingerprint density at radius 2 is 2.03 bits per heavy atom. The Kier molecular flexibility index (Phi) is 5.33. The van der Waals surface area contributed by atoms with Crippen LogP contribution in [0.1, 0.15) is 71.2 Å². The lowest BCUT2D eigenvalue weighted by atomic mass is 9.47. The minimum Gasteiger partial charge on any atom is -0.346 e. The van der Waals surface area contributed by atoms with Gasteiger partial charge in [0, 0.05) is 30.6 Å². The number of halogens is 1. The quantitative estimate of drug-likeness (QED) is 0.649. The lowest BCUT2D eigenvalue weighted by molar-refractivity contribution is -0.145. The molecular weight excluding hydrogens is 457 g/mol. The monoisotopic (exact) mass is 493 g/mol. The Balaban J connectivity index is 1.21. The standard InChI is InChI=1S/C28H36FN5O2/c1-15(23-32-21-6-5-13-30-24(21)33-23)31-25(35)19-9-8-17-16-7-10-22-28(3,14-20(29)26(36)34(22)4)18(16)11-12-27(17,19)2/h5-6,13-19,22H,7-12H2,1-4H3,(H,31,35)(H,30,32,33)/t15-,16-,17-,18-,19+,22+,27-,28+/m0/s1. The van der Waals surface area contributed by atoms with E-state index in [1.165, 1.54) is 0 Å². The maximum absolute atomic E-state index is 14.6. The number of hydrogen-bond donors (Lipinski definition) is 2. The predicted octanol–water partition coefficient (Wildman–Crippen LogP) is 4.69. The minimum absolute atomic E-state index is 0.0400. The number of likely N-dealkylation sites (N-methyl/N-ethyl adjacent to an activating group) is 1. The number of aromatic amines is 1. The van der Waals surface area contributed by atoms with Crippen molar-refractivity contribution in [1.29, 1.82) is 0 Å². The number of imidazole rings is 1. The highest BCUT2D eigenvalue weighted by Crippen LogP contribution is 2.65. The predicted molar refractivity (Wildman–Crippen MR) is 134 cm³/mol. The summed E-state index contributed by atoms with van der Waals surface area (Å²) in [5.74, 6) is 0.917. The van der Waals surface area contributed by atoms with Crippen LogP contribution >= 0.6 is 0 Å². The molecule has 2 amide bonds. The average Bonchev–Trinajstić information content (AvgIpc) is 3.43. The number of fused-ring (bicyclic) bond motifs is 6. The molecule has 2 aromatic heterocycles. The van der Waals surface area contributed by atoms with Gasteiger partial charge in [0.15, 0.2) is 11.5 Å². The van der Waals surface area contributed by atoms with Crippen LogP contribution in [0.4, 0.5) is 4.39 Å². The molecular formula is C28H36FN5O2. The second-order valence-electron chi connectivity index (χ2n) is 12.1. The summed E-state index contributed by atoms with van der Waals surface area (Å²) in [5, 5.41) is 3.23. The molecule has 0 unspecified atom stereocenters. The number of nitrogens with one attached hydrogen (secondary N) is 2. The summed E-state index contributed by atoms with van der Waals surface area (Å²) < 4.78 is 14.6. The van der Waals surface area contributed by atoms with Crippen molar-refractivity contribution in [3.05, 3.63) is 36.1 Å². The fourth-order valence-corrected chi connectivity index (χ4v) is 8.71. The van der Waals surface area contributed by atoms with Crippen molar-refractivity contribution in [1.82, 2.24) is 25.2 Å². The highest BCUT2D eigenvalue weighted by atomic mass is 19.1. The van der Waals surface area contributed by atoms with Gasteiger partial charge in [0.05, 0.1) is 6.04 Å². The van der Waals surface area contributed by atoms with E-state index in [-0.39, 0.29) is 34.7 Å². The third-order valence-corrected chi connectivity index (χ3v) is 10.5. The van der Waals surface area contributed by atoms with Crippen molar-refractivity contribution in [3.8, 4) is 0 Å². The zero-order valence-corrected chi connectivity index (χ0v) is 21.6. The molecule has 3 saturated carbocycles. The van der Waals surface area contributed by atoms with Crippen LogP contribution in [0.25, 0.3) is 11.2 Å². The molecule has 0 bridgehead atoms. The fourth-order valence-electron chi connectivity index (χ4n) is 8.71. The van der Waals surface area contributed by atoms with E-state index in [1.54, 1.807) is 24.2 Å². The minimum atomic E-state index is -0.608. The Morgan fingerprint density at radius 3 is 2.81 bits per heavy atom. The number of rotatable bonds is 3. The first-order chi connectivity index (χ1) is 17.1. The lowest BCUT2D eigenvalue weighted by Crippen LogP contribution is -2.60.